The Morgan fingerprint density at radius 1 is 1.17 bits per heavy atom. The molecule has 150 valence electrons. The number of tetrazole rings is 1. The van der Waals surface area contributed by atoms with E-state index in [-0.39, 0.29) is 24.9 Å². The number of nitrogens with one attached hydrogen (secondary N) is 1. The average Bonchev–Trinajstić information content (AvgIpc) is 3.17. The number of amides is 2. The van der Waals surface area contributed by atoms with Gasteiger partial charge in [0.1, 0.15) is 12.3 Å². The quantitative estimate of drug-likeness (QED) is 0.655. The molecule has 2 aromatic carbocycles. The van der Waals surface area contributed by atoms with Crippen molar-refractivity contribution in [2.24, 2.45) is 0 Å². The lowest BCUT2D eigenvalue weighted by atomic mass is 10.1. The van der Waals surface area contributed by atoms with Gasteiger partial charge >= 0.3 is 0 Å². The van der Waals surface area contributed by atoms with Crippen molar-refractivity contribution in [2.45, 2.75) is 13.5 Å². The molecule has 1 heterocycles. The molecule has 3 rings (SSSR count). The van der Waals surface area contributed by atoms with Gasteiger partial charge in [0.2, 0.25) is 17.6 Å². The number of likely N-dealkylation sites (N-methyl/N-ethyl adjacent to an activating group) is 1. The molecular weight excluding hydrogens is 372 g/mol. The van der Waals surface area contributed by atoms with E-state index in [1.54, 1.807) is 38.4 Å². The summed E-state index contributed by atoms with van der Waals surface area (Å²) in [5.74, 6) is 0.449. The van der Waals surface area contributed by atoms with Crippen molar-refractivity contribution < 1.29 is 14.3 Å². The molecule has 0 aliphatic carbocycles. The first-order valence-corrected chi connectivity index (χ1v) is 8.97. The second-order valence-corrected chi connectivity index (χ2v) is 6.54. The third-order valence-electron chi connectivity index (χ3n) is 4.20. The molecule has 0 fully saturated rings. The predicted octanol–water partition coefficient (Wildman–Crippen LogP) is 1.75. The van der Waals surface area contributed by atoms with Gasteiger partial charge < -0.3 is 15.0 Å². The summed E-state index contributed by atoms with van der Waals surface area (Å²) < 4.78 is 5.12. The highest BCUT2D eigenvalue weighted by atomic mass is 16.5. The van der Waals surface area contributed by atoms with E-state index in [4.69, 9.17) is 4.74 Å². The van der Waals surface area contributed by atoms with E-state index in [0.717, 1.165) is 11.1 Å². The molecule has 9 heteroatoms. The summed E-state index contributed by atoms with van der Waals surface area (Å²) in [5, 5.41) is 14.9. The Morgan fingerprint density at radius 2 is 1.93 bits per heavy atom. The zero-order valence-corrected chi connectivity index (χ0v) is 16.5. The van der Waals surface area contributed by atoms with Crippen LogP contribution in [-0.4, -0.2) is 57.6 Å². The minimum atomic E-state index is -0.319. The highest BCUT2D eigenvalue weighted by Gasteiger charge is 2.16. The number of aryl methyl sites for hydroxylation is 1. The van der Waals surface area contributed by atoms with E-state index in [1.807, 2.05) is 31.2 Å². The summed E-state index contributed by atoms with van der Waals surface area (Å²) in [6.45, 7) is 1.78. The van der Waals surface area contributed by atoms with Crippen LogP contribution in [0.3, 0.4) is 0 Å². The minimum absolute atomic E-state index is 0.102. The second kappa shape index (κ2) is 8.96. The fourth-order valence-corrected chi connectivity index (χ4v) is 2.58. The highest BCUT2D eigenvalue weighted by molar-refractivity contribution is 5.94. The topological polar surface area (TPSA) is 102 Å². The summed E-state index contributed by atoms with van der Waals surface area (Å²) >= 11 is 0. The Labute approximate surface area is 168 Å². The largest absolute Gasteiger partial charge is 0.497 e. The number of anilines is 1. The first-order chi connectivity index (χ1) is 13.9. The van der Waals surface area contributed by atoms with Crippen molar-refractivity contribution in [2.75, 3.05) is 26.0 Å². The van der Waals surface area contributed by atoms with Crippen LogP contribution in [0, 0.1) is 6.92 Å². The van der Waals surface area contributed by atoms with E-state index < -0.39 is 0 Å². The van der Waals surface area contributed by atoms with Gasteiger partial charge in [0, 0.05) is 24.4 Å². The van der Waals surface area contributed by atoms with Crippen molar-refractivity contribution in [3.8, 4) is 17.1 Å². The van der Waals surface area contributed by atoms with Gasteiger partial charge in [-0.3, -0.25) is 9.59 Å². The first-order valence-electron chi connectivity index (χ1n) is 8.97. The number of ether oxygens (including phenoxy) is 1. The summed E-state index contributed by atoms with van der Waals surface area (Å²) in [6.07, 6.45) is 0. The molecule has 0 bridgehead atoms. The SMILES string of the molecule is COc1cccc(NC(=O)CN(C)C(=O)Cn2nnc(-c3ccc(C)cc3)n2)c1. The smallest absolute Gasteiger partial charge is 0.246 e. The van der Waals surface area contributed by atoms with Crippen LogP contribution >= 0.6 is 0 Å². The fraction of sp³-hybridized carbons (Fsp3) is 0.250. The highest BCUT2D eigenvalue weighted by Crippen LogP contribution is 2.16. The summed E-state index contributed by atoms with van der Waals surface area (Å²) in [6, 6.07) is 14.7. The number of carbonyl (C=O) groups is 2. The van der Waals surface area contributed by atoms with Crippen LogP contribution in [0.25, 0.3) is 11.4 Å². The molecule has 9 nitrogen and oxygen atoms in total. The van der Waals surface area contributed by atoms with E-state index >= 15 is 0 Å². The van der Waals surface area contributed by atoms with Gasteiger partial charge in [-0.25, -0.2) is 0 Å². The number of aromatic nitrogens is 4. The molecule has 3 aromatic rings. The maximum absolute atomic E-state index is 12.4. The molecule has 0 aliphatic heterocycles. The van der Waals surface area contributed by atoms with Crippen LogP contribution in [0.5, 0.6) is 5.75 Å². The third kappa shape index (κ3) is 5.38. The lowest BCUT2D eigenvalue weighted by Gasteiger charge is -2.16. The molecule has 29 heavy (non-hydrogen) atoms. The van der Waals surface area contributed by atoms with Crippen LogP contribution in [0.15, 0.2) is 48.5 Å². The van der Waals surface area contributed by atoms with Gasteiger partial charge in [-0.05, 0) is 24.3 Å². The Kier molecular flexibility index (Phi) is 6.18. The maximum Gasteiger partial charge on any atom is 0.246 e. The Balaban J connectivity index is 1.55. The lowest BCUT2D eigenvalue weighted by molar-refractivity contribution is -0.134. The summed E-state index contributed by atoms with van der Waals surface area (Å²) in [4.78, 5) is 27.1. The third-order valence-corrected chi connectivity index (χ3v) is 4.20. The van der Waals surface area contributed by atoms with Gasteiger partial charge in [-0.2, -0.15) is 4.80 Å². The van der Waals surface area contributed by atoms with E-state index in [0.29, 0.717) is 17.3 Å². The molecule has 0 spiro atoms. The Hall–Kier alpha value is -3.75. The van der Waals surface area contributed by atoms with Crippen LogP contribution in [0.1, 0.15) is 5.56 Å². The number of hydrogen-bond donors (Lipinski definition) is 1. The van der Waals surface area contributed by atoms with Crippen molar-refractivity contribution in [1.29, 1.82) is 0 Å². The molecule has 1 N–H and O–H groups in total. The molecule has 0 radical (unpaired) electrons. The lowest BCUT2D eigenvalue weighted by Crippen LogP contribution is -2.37. The molecule has 0 saturated carbocycles. The zero-order chi connectivity index (χ0) is 20.8. The molecule has 1 aromatic heterocycles. The van der Waals surface area contributed by atoms with Crippen molar-refractivity contribution in [1.82, 2.24) is 25.1 Å². The number of nitrogens with zero attached hydrogens (tertiary/aromatic N) is 5. The van der Waals surface area contributed by atoms with Crippen LogP contribution < -0.4 is 10.1 Å². The summed E-state index contributed by atoms with van der Waals surface area (Å²) in [7, 11) is 3.10. The Morgan fingerprint density at radius 3 is 2.66 bits per heavy atom. The van der Waals surface area contributed by atoms with Crippen LogP contribution in [-0.2, 0) is 16.1 Å². The number of rotatable bonds is 7. The second-order valence-electron chi connectivity index (χ2n) is 6.54. The van der Waals surface area contributed by atoms with Crippen molar-refractivity contribution in [3.05, 3.63) is 54.1 Å². The van der Waals surface area contributed by atoms with Gasteiger partial charge in [0.25, 0.3) is 0 Å². The number of hydrogen-bond acceptors (Lipinski definition) is 6. The summed E-state index contributed by atoms with van der Waals surface area (Å²) in [5.41, 5.74) is 2.54. The van der Waals surface area contributed by atoms with Crippen LogP contribution in [0.4, 0.5) is 5.69 Å². The fourth-order valence-electron chi connectivity index (χ4n) is 2.58. The molecular formula is C20H22N6O3. The van der Waals surface area contributed by atoms with E-state index in [2.05, 4.69) is 20.7 Å². The predicted molar refractivity (Wildman–Crippen MR) is 107 cm³/mol. The van der Waals surface area contributed by atoms with Gasteiger partial charge in [-0.15, -0.1) is 10.2 Å². The standard InChI is InChI=1S/C20H22N6O3/c1-14-7-9-15(10-8-14)20-22-24-26(23-20)13-19(28)25(2)12-18(27)21-16-5-4-6-17(11-16)29-3/h4-11H,12-13H2,1-3H3,(H,21,27). The molecule has 0 unspecified atom stereocenters. The Bertz CT molecular complexity index is 999. The normalized spacial score (nSPS) is 10.4. The molecule has 0 saturated heterocycles. The maximum atomic E-state index is 12.4. The molecule has 0 aliphatic rings. The molecule has 2 amide bonds. The monoisotopic (exact) mass is 394 g/mol. The van der Waals surface area contributed by atoms with Gasteiger partial charge in [0.15, 0.2) is 0 Å². The number of methoxy groups -OCH3 is 1. The van der Waals surface area contributed by atoms with Gasteiger partial charge in [-0.1, -0.05) is 35.9 Å². The number of benzene rings is 2. The van der Waals surface area contributed by atoms with E-state index in [1.165, 1.54) is 9.70 Å². The van der Waals surface area contributed by atoms with E-state index in [9.17, 15) is 9.59 Å². The molecule has 0 atom stereocenters. The average molecular weight is 394 g/mol. The van der Waals surface area contributed by atoms with Crippen molar-refractivity contribution in [3.63, 3.8) is 0 Å². The van der Waals surface area contributed by atoms with Crippen LogP contribution in [0.2, 0.25) is 0 Å². The first kappa shape index (κ1) is 20.0. The zero-order valence-electron chi connectivity index (χ0n) is 16.5. The minimum Gasteiger partial charge on any atom is -0.497 e. The van der Waals surface area contributed by atoms with Gasteiger partial charge in [0.05, 0.1) is 13.7 Å². The number of carbonyl (C=O) groups excluding carboxylic acids is 2. The van der Waals surface area contributed by atoms with Crippen molar-refractivity contribution >= 4 is 17.5 Å².